The SMILES string of the molecule is CCOC(=O)C1CCN(C(=O)c2ccc(OC)c(C(C)C)c2)CC1. The molecule has 0 aliphatic carbocycles. The minimum atomic E-state index is -0.142. The Balaban J connectivity index is 2.05. The molecule has 1 fully saturated rings. The van der Waals surface area contributed by atoms with Gasteiger partial charge in [-0.15, -0.1) is 0 Å². The first-order chi connectivity index (χ1) is 11.5. The molecule has 5 nitrogen and oxygen atoms in total. The molecule has 1 heterocycles. The third-order valence-corrected chi connectivity index (χ3v) is 4.50. The van der Waals surface area contributed by atoms with Gasteiger partial charge in [0.05, 0.1) is 19.6 Å². The van der Waals surface area contributed by atoms with E-state index in [1.807, 2.05) is 30.0 Å². The number of hydrogen-bond acceptors (Lipinski definition) is 4. The smallest absolute Gasteiger partial charge is 0.309 e. The highest BCUT2D eigenvalue weighted by molar-refractivity contribution is 5.94. The second-order valence-electron chi connectivity index (χ2n) is 6.43. The molecule has 0 bridgehead atoms. The molecule has 1 amide bonds. The first kappa shape index (κ1) is 18.3. The first-order valence-corrected chi connectivity index (χ1v) is 8.61. The normalized spacial score (nSPS) is 15.5. The van der Waals surface area contributed by atoms with Crippen LogP contribution in [0.4, 0.5) is 0 Å². The van der Waals surface area contributed by atoms with E-state index in [4.69, 9.17) is 9.47 Å². The number of carbonyl (C=O) groups is 2. The third kappa shape index (κ3) is 4.08. The van der Waals surface area contributed by atoms with Crippen LogP contribution in [0.25, 0.3) is 0 Å². The number of nitrogens with zero attached hydrogens (tertiary/aromatic N) is 1. The van der Waals surface area contributed by atoms with Crippen LogP contribution >= 0.6 is 0 Å². The minimum absolute atomic E-state index is 0.0156. The molecule has 0 unspecified atom stereocenters. The van der Waals surface area contributed by atoms with Gasteiger partial charge in [-0.2, -0.15) is 0 Å². The van der Waals surface area contributed by atoms with Gasteiger partial charge < -0.3 is 14.4 Å². The maximum absolute atomic E-state index is 12.7. The molecule has 132 valence electrons. The Morgan fingerprint density at radius 3 is 2.46 bits per heavy atom. The molecule has 0 N–H and O–H groups in total. The number of likely N-dealkylation sites (tertiary alicyclic amines) is 1. The molecule has 1 aliphatic rings. The van der Waals surface area contributed by atoms with Crippen molar-refractivity contribution in [1.29, 1.82) is 0 Å². The summed E-state index contributed by atoms with van der Waals surface area (Å²) >= 11 is 0. The van der Waals surface area contributed by atoms with E-state index in [1.165, 1.54) is 0 Å². The molecule has 2 rings (SSSR count). The number of methoxy groups -OCH3 is 1. The van der Waals surface area contributed by atoms with Crippen molar-refractivity contribution in [2.45, 2.75) is 39.5 Å². The lowest BCUT2D eigenvalue weighted by atomic mass is 9.95. The maximum Gasteiger partial charge on any atom is 0.309 e. The van der Waals surface area contributed by atoms with Crippen LogP contribution in [0.1, 0.15) is 55.5 Å². The highest BCUT2D eigenvalue weighted by Gasteiger charge is 2.29. The van der Waals surface area contributed by atoms with E-state index < -0.39 is 0 Å². The van der Waals surface area contributed by atoms with E-state index in [0.29, 0.717) is 38.1 Å². The molecule has 0 aromatic heterocycles. The molecule has 1 aromatic rings. The third-order valence-electron chi connectivity index (χ3n) is 4.50. The predicted octanol–water partition coefficient (Wildman–Crippen LogP) is 3.23. The van der Waals surface area contributed by atoms with Crippen LogP contribution in [-0.2, 0) is 9.53 Å². The molecule has 1 saturated heterocycles. The summed E-state index contributed by atoms with van der Waals surface area (Å²) in [5, 5.41) is 0. The van der Waals surface area contributed by atoms with Gasteiger partial charge in [-0.25, -0.2) is 0 Å². The van der Waals surface area contributed by atoms with Gasteiger partial charge in [0.15, 0.2) is 0 Å². The average molecular weight is 333 g/mol. The van der Waals surface area contributed by atoms with Gasteiger partial charge >= 0.3 is 5.97 Å². The Bertz CT molecular complexity index is 589. The molecular weight excluding hydrogens is 306 g/mol. The second-order valence-corrected chi connectivity index (χ2v) is 6.43. The Kier molecular flexibility index (Phi) is 6.23. The number of rotatable bonds is 5. The lowest BCUT2D eigenvalue weighted by Gasteiger charge is -2.31. The molecule has 0 radical (unpaired) electrons. The zero-order chi connectivity index (χ0) is 17.7. The predicted molar refractivity (Wildman–Crippen MR) is 92.3 cm³/mol. The summed E-state index contributed by atoms with van der Waals surface area (Å²) in [6.45, 7) is 7.55. The van der Waals surface area contributed by atoms with Crippen LogP contribution in [0, 0.1) is 5.92 Å². The first-order valence-electron chi connectivity index (χ1n) is 8.61. The molecular formula is C19H27NO4. The molecule has 0 spiro atoms. The Morgan fingerprint density at radius 1 is 1.25 bits per heavy atom. The Hall–Kier alpha value is -2.04. The molecule has 1 aromatic carbocycles. The lowest BCUT2D eigenvalue weighted by molar-refractivity contribution is -0.149. The van der Waals surface area contributed by atoms with Crippen molar-refractivity contribution in [3.05, 3.63) is 29.3 Å². The van der Waals surface area contributed by atoms with Crippen molar-refractivity contribution in [1.82, 2.24) is 4.90 Å². The number of ether oxygens (including phenoxy) is 2. The van der Waals surface area contributed by atoms with Crippen molar-refractivity contribution in [3.8, 4) is 5.75 Å². The summed E-state index contributed by atoms with van der Waals surface area (Å²) in [6, 6.07) is 5.59. The van der Waals surface area contributed by atoms with Crippen molar-refractivity contribution in [2.75, 3.05) is 26.8 Å². The van der Waals surface area contributed by atoms with E-state index in [1.54, 1.807) is 7.11 Å². The van der Waals surface area contributed by atoms with Crippen molar-refractivity contribution >= 4 is 11.9 Å². The van der Waals surface area contributed by atoms with Gasteiger partial charge in [0, 0.05) is 18.7 Å². The van der Waals surface area contributed by atoms with Crippen LogP contribution in [0.5, 0.6) is 5.75 Å². The number of amides is 1. The molecule has 1 aliphatic heterocycles. The van der Waals surface area contributed by atoms with Gasteiger partial charge in [0.2, 0.25) is 0 Å². The van der Waals surface area contributed by atoms with Crippen molar-refractivity contribution in [2.24, 2.45) is 5.92 Å². The lowest BCUT2D eigenvalue weighted by Crippen LogP contribution is -2.40. The zero-order valence-electron chi connectivity index (χ0n) is 15.0. The van der Waals surface area contributed by atoms with Crippen molar-refractivity contribution < 1.29 is 19.1 Å². The number of benzene rings is 1. The van der Waals surface area contributed by atoms with E-state index in [0.717, 1.165) is 11.3 Å². The summed E-state index contributed by atoms with van der Waals surface area (Å²) < 4.78 is 10.4. The fourth-order valence-corrected chi connectivity index (χ4v) is 3.08. The number of esters is 1. The number of hydrogen-bond donors (Lipinski definition) is 0. The van der Waals surface area contributed by atoms with Gasteiger partial charge in [0.1, 0.15) is 5.75 Å². The summed E-state index contributed by atoms with van der Waals surface area (Å²) in [5.74, 6) is 0.874. The van der Waals surface area contributed by atoms with Crippen molar-refractivity contribution in [3.63, 3.8) is 0 Å². The summed E-state index contributed by atoms with van der Waals surface area (Å²) in [7, 11) is 1.64. The van der Waals surface area contributed by atoms with Crippen LogP contribution < -0.4 is 4.74 Å². The van der Waals surface area contributed by atoms with Gasteiger partial charge in [-0.1, -0.05) is 13.8 Å². The molecule has 5 heteroatoms. The standard InChI is InChI=1S/C19H27NO4/c1-5-24-19(22)14-8-10-20(11-9-14)18(21)15-6-7-17(23-4)16(12-15)13(2)3/h6-7,12-14H,5,8-11H2,1-4H3. The highest BCUT2D eigenvalue weighted by Crippen LogP contribution is 2.28. The highest BCUT2D eigenvalue weighted by atomic mass is 16.5. The Morgan fingerprint density at radius 2 is 1.92 bits per heavy atom. The fourth-order valence-electron chi connectivity index (χ4n) is 3.08. The van der Waals surface area contributed by atoms with E-state index in [2.05, 4.69) is 13.8 Å². The monoisotopic (exact) mass is 333 g/mol. The van der Waals surface area contributed by atoms with Crippen LogP contribution in [0.15, 0.2) is 18.2 Å². The summed E-state index contributed by atoms with van der Waals surface area (Å²) in [5.41, 5.74) is 1.71. The topological polar surface area (TPSA) is 55.8 Å². The largest absolute Gasteiger partial charge is 0.496 e. The van der Waals surface area contributed by atoms with E-state index in [9.17, 15) is 9.59 Å². The van der Waals surface area contributed by atoms with Crippen LogP contribution in [0.2, 0.25) is 0 Å². The van der Waals surface area contributed by atoms with Gasteiger partial charge in [-0.3, -0.25) is 9.59 Å². The minimum Gasteiger partial charge on any atom is -0.496 e. The average Bonchev–Trinajstić information content (AvgIpc) is 2.60. The van der Waals surface area contributed by atoms with E-state index in [-0.39, 0.29) is 23.7 Å². The fraction of sp³-hybridized carbons (Fsp3) is 0.579. The number of piperidine rings is 1. The quantitative estimate of drug-likeness (QED) is 0.776. The van der Waals surface area contributed by atoms with E-state index >= 15 is 0 Å². The number of carbonyl (C=O) groups excluding carboxylic acids is 2. The molecule has 0 atom stereocenters. The van der Waals surface area contributed by atoms with Crippen LogP contribution in [0.3, 0.4) is 0 Å². The second kappa shape index (κ2) is 8.18. The maximum atomic E-state index is 12.7. The molecule has 0 saturated carbocycles. The van der Waals surface area contributed by atoms with Crippen LogP contribution in [-0.4, -0.2) is 43.6 Å². The summed E-state index contributed by atoms with van der Waals surface area (Å²) in [6.07, 6.45) is 1.33. The zero-order valence-corrected chi connectivity index (χ0v) is 15.0. The van der Waals surface area contributed by atoms with Gasteiger partial charge in [-0.05, 0) is 49.4 Å². The Labute approximate surface area is 143 Å². The molecule has 24 heavy (non-hydrogen) atoms. The summed E-state index contributed by atoms with van der Waals surface area (Å²) in [4.78, 5) is 26.4. The van der Waals surface area contributed by atoms with Gasteiger partial charge in [0.25, 0.3) is 5.91 Å².